The Kier molecular flexibility index (Phi) is 3.91. The second kappa shape index (κ2) is 6.05. The SMILES string of the molecule is Cc1c(C=Nn2c(C)nc3ccccc3c2=O)c(O)[nH]c(=O)c1C#N. The smallest absolute Gasteiger partial charge is 0.282 e. The molecule has 0 aliphatic heterocycles. The van der Waals surface area contributed by atoms with E-state index in [1.165, 1.54) is 13.1 Å². The van der Waals surface area contributed by atoms with Crippen LogP contribution in [0.25, 0.3) is 10.9 Å². The first-order valence-electron chi connectivity index (χ1n) is 7.32. The topological polar surface area (TPSA) is 124 Å². The molecule has 0 fully saturated rings. The monoisotopic (exact) mass is 335 g/mol. The molecule has 0 saturated heterocycles. The zero-order chi connectivity index (χ0) is 18.1. The molecule has 0 saturated carbocycles. The molecule has 0 aliphatic carbocycles. The van der Waals surface area contributed by atoms with E-state index >= 15 is 0 Å². The number of aryl methyl sites for hydroxylation is 1. The van der Waals surface area contributed by atoms with Crippen molar-refractivity contribution in [1.82, 2.24) is 14.6 Å². The van der Waals surface area contributed by atoms with Gasteiger partial charge in [-0.3, -0.25) is 14.6 Å². The van der Waals surface area contributed by atoms with Crippen molar-refractivity contribution in [3.63, 3.8) is 0 Å². The van der Waals surface area contributed by atoms with Crippen LogP contribution in [0.4, 0.5) is 0 Å². The predicted octanol–water partition coefficient (Wildman–Crippen LogP) is 1.16. The summed E-state index contributed by atoms with van der Waals surface area (Å²) >= 11 is 0. The Morgan fingerprint density at radius 3 is 2.76 bits per heavy atom. The van der Waals surface area contributed by atoms with Gasteiger partial charge in [0.05, 0.1) is 22.7 Å². The minimum Gasteiger partial charge on any atom is -0.494 e. The van der Waals surface area contributed by atoms with Crippen LogP contribution in [0.1, 0.15) is 22.5 Å². The van der Waals surface area contributed by atoms with Crippen LogP contribution in [0.15, 0.2) is 39.0 Å². The molecule has 8 nitrogen and oxygen atoms in total. The van der Waals surface area contributed by atoms with Gasteiger partial charge in [-0.1, -0.05) is 12.1 Å². The number of hydrogen-bond donors (Lipinski definition) is 2. The largest absolute Gasteiger partial charge is 0.494 e. The number of nitrogens with zero attached hydrogens (tertiary/aromatic N) is 4. The normalized spacial score (nSPS) is 11.1. The van der Waals surface area contributed by atoms with Crippen molar-refractivity contribution in [3.8, 4) is 11.9 Å². The van der Waals surface area contributed by atoms with Crippen LogP contribution in [0, 0.1) is 25.2 Å². The van der Waals surface area contributed by atoms with Crippen LogP contribution in [-0.4, -0.2) is 26.0 Å². The fourth-order valence-corrected chi connectivity index (χ4v) is 2.50. The third-order valence-electron chi connectivity index (χ3n) is 3.82. The quantitative estimate of drug-likeness (QED) is 0.680. The lowest BCUT2D eigenvalue weighted by atomic mass is 10.1. The van der Waals surface area contributed by atoms with Crippen LogP contribution in [0.3, 0.4) is 0 Å². The Balaban J connectivity index is 2.19. The third-order valence-corrected chi connectivity index (χ3v) is 3.82. The molecule has 2 N–H and O–H groups in total. The second-order valence-electron chi connectivity index (χ2n) is 5.37. The van der Waals surface area contributed by atoms with Crippen LogP contribution in [-0.2, 0) is 0 Å². The van der Waals surface area contributed by atoms with E-state index in [-0.39, 0.29) is 22.2 Å². The number of nitriles is 1. The summed E-state index contributed by atoms with van der Waals surface area (Å²) in [6.07, 6.45) is 1.21. The molecule has 2 heterocycles. The highest BCUT2D eigenvalue weighted by Gasteiger charge is 2.13. The summed E-state index contributed by atoms with van der Waals surface area (Å²) in [4.78, 5) is 30.7. The fourth-order valence-electron chi connectivity index (χ4n) is 2.50. The molecular formula is C17H13N5O3. The molecule has 0 spiro atoms. The van der Waals surface area contributed by atoms with E-state index in [1.807, 2.05) is 0 Å². The van der Waals surface area contributed by atoms with Gasteiger partial charge < -0.3 is 5.11 Å². The van der Waals surface area contributed by atoms with Gasteiger partial charge in [-0.25, -0.2) is 4.98 Å². The summed E-state index contributed by atoms with van der Waals surface area (Å²) in [7, 11) is 0. The van der Waals surface area contributed by atoms with E-state index < -0.39 is 11.4 Å². The molecule has 25 heavy (non-hydrogen) atoms. The minimum absolute atomic E-state index is 0.125. The average molecular weight is 335 g/mol. The molecule has 0 radical (unpaired) electrons. The van der Waals surface area contributed by atoms with Crippen LogP contribution < -0.4 is 11.1 Å². The number of aromatic nitrogens is 3. The Morgan fingerprint density at radius 1 is 1.32 bits per heavy atom. The van der Waals surface area contributed by atoms with Gasteiger partial charge in [-0.15, -0.1) is 0 Å². The zero-order valence-corrected chi connectivity index (χ0v) is 13.4. The van der Waals surface area contributed by atoms with Gasteiger partial charge in [0.2, 0.25) is 5.88 Å². The van der Waals surface area contributed by atoms with Crippen molar-refractivity contribution in [2.45, 2.75) is 13.8 Å². The number of aromatic hydroxyl groups is 1. The van der Waals surface area contributed by atoms with Crippen molar-refractivity contribution in [2.24, 2.45) is 5.10 Å². The maximum absolute atomic E-state index is 12.6. The van der Waals surface area contributed by atoms with E-state index in [9.17, 15) is 14.7 Å². The van der Waals surface area contributed by atoms with Crippen LogP contribution >= 0.6 is 0 Å². The van der Waals surface area contributed by atoms with Gasteiger partial charge in [-0.05, 0) is 31.5 Å². The van der Waals surface area contributed by atoms with Crippen molar-refractivity contribution >= 4 is 17.1 Å². The zero-order valence-electron chi connectivity index (χ0n) is 13.4. The van der Waals surface area contributed by atoms with Crippen molar-refractivity contribution in [2.75, 3.05) is 0 Å². The first-order chi connectivity index (χ1) is 11.9. The summed E-state index contributed by atoms with van der Waals surface area (Å²) in [5.74, 6) is -0.0632. The maximum atomic E-state index is 12.6. The molecule has 0 aliphatic rings. The summed E-state index contributed by atoms with van der Waals surface area (Å²) in [5.41, 5.74) is -0.189. The molecule has 3 rings (SSSR count). The number of pyridine rings is 1. The number of H-pyrrole nitrogens is 1. The molecule has 3 aromatic rings. The van der Waals surface area contributed by atoms with Gasteiger partial charge in [0.1, 0.15) is 17.5 Å². The number of aromatic amines is 1. The van der Waals surface area contributed by atoms with Crippen molar-refractivity contribution in [3.05, 3.63) is 67.5 Å². The minimum atomic E-state index is -0.685. The summed E-state index contributed by atoms with van der Waals surface area (Å²) in [5, 5.41) is 23.5. The molecule has 2 aromatic heterocycles. The molecule has 0 amide bonds. The number of nitrogens with one attached hydrogen (secondary N) is 1. The van der Waals surface area contributed by atoms with E-state index in [4.69, 9.17) is 5.26 Å². The van der Waals surface area contributed by atoms with E-state index in [0.29, 0.717) is 16.7 Å². The molecule has 0 unspecified atom stereocenters. The average Bonchev–Trinajstić information content (AvgIpc) is 2.57. The third kappa shape index (κ3) is 2.68. The lowest BCUT2D eigenvalue weighted by Crippen LogP contribution is -2.21. The number of hydrogen-bond acceptors (Lipinski definition) is 6. The van der Waals surface area contributed by atoms with Gasteiger partial charge in [0, 0.05) is 0 Å². The second-order valence-corrected chi connectivity index (χ2v) is 5.37. The van der Waals surface area contributed by atoms with Crippen LogP contribution in [0.2, 0.25) is 0 Å². The van der Waals surface area contributed by atoms with Gasteiger partial charge >= 0.3 is 0 Å². The van der Waals surface area contributed by atoms with E-state index in [1.54, 1.807) is 37.3 Å². The Morgan fingerprint density at radius 2 is 2.04 bits per heavy atom. The molecular weight excluding hydrogens is 322 g/mol. The molecule has 8 heteroatoms. The van der Waals surface area contributed by atoms with Gasteiger partial charge in [0.15, 0.2) is 0 Å². The van der Waals surface area contributed by atoms with Gasteiger partial charge in [-0.2, -0.15) is 15.0 Å². The first-order valence-corrected chi connectivity index (χ1v) is 7.32. The maximum Gasteiger partial charge on any atom is 0.282 e. The first kappa shape index (κ1) is 16.1. The number of fused-ring (bicyclic) bond motifs is 1. The van der Waals surface area contributed by atoms with E-state index in [0.717, 1.165) is 4.68 Å². The highest BCUT2D eigenvalue weighted by atomic mass is 16.3. The highest BCUT2D eigenvalue weighted by molar-refractivity contribution is 5.85. The number of para-hydroxylation sites is 1. The number of rotatable bonds is 2. The Hall–Kier alpha value is -3.73. The van der Waals surface area contributed by atoms with E-state index in [2.05, 4.69) is 15.1 Å². The standard InChI is InChI=1S/C17H13N5O3/c1-9-12(7-18)15(23)21-16(24)13(9)8-19-22-10(2)20-14-6-4-3-5-11(14)17(22)25/h3-6,8H,1-2H3,(H2,21,23,24). The summed E-state index contributed by atoms with van der Waals surface area (Å²) in [6.45, 7) is 3.15. The van der Waals surface area contributed by atoms with Crippen molar-refractivity contribution < 1.29 is 5.11 Å². The highest BCUT2D eigenvalue weighted by Crippen LogP contribution is 2.16. The van der Waals surface area contributed by atoms with Crippen LogP contribution in [0.5, 0.6) is 5.88 Å². The predicted molar refractivity (Wildman–Crippen MR) is 91.9 cm³/mol. The lowest BCUT2D eigenvalue weighted by molar-refractivity contribution is 0.450. The summed E-state index contributed by atoms with van der Waals surface area (Å²) in [6, 6.07) is 8.67. The fraction of sp³-hybridized carbons (Fsp3) is 0.118. The number of benzene rings is 1. The summed E-state index contributed by atoms with van der Waals surface area (Å²) < 4.78 is 1.10. The molecule has 0 atom stereocenters. The molecule has 124 valence electrons. The van der Waals surface area contributed by atoms with Gasteiger partial charge in [0.25, 0.3) is 11.1 Å². The molecule has 0 bridgehead atoms. The molecule has 1 aromatic carbocycles. The lowest BCUT2D eigenvalue weighted by Gasteiger charge is -2.07. The Labute approximate surface area is 141 Å². The Bertz CT molecular complexity index is 1180. The van der Waals surface area contributed by atoms with Crippen molar-refractivity contribution in [1.29, 1.82) is 5.26 Å².